The number of carbonyl (C=O) groups is 2. The molecule has 0 heterocycles. The molecular formula is C27H28N2O4. The third kappa shape index (κ3) is 7.25. The second-order valence-electron chi connectivity index (χ2n) is 7.83. The summed E-state index contributed by atoms with van der Waals surface area (Å²) in [7, 11) is 1.59. The zero-order valence-corrected chi connectivity index (χ0v) is 19.0. The molecule has 0 saturated carbocycles. The maximum absolute atomic E-state index is 13.0. The minimum Gasteiger partial charge on any atom is -0.497 e. The molecule has 0 aromatic heterocycles. The largest absolute Gasteiger partial charge is 0.497 e. The van der Waals surface area contributed by atoms with E-state index in [0.29, 0.717) is 35.3 Å². The number of para-hydroxylation sites is 1. The standard InChI is InChI=1S/C27H28N2O4/c1-19(2)18-33-24-15-11-21(12-16-24)26(30)29-25(17-20-9-13-23(32-3)14-10-20)27(31)28-22-7-5-4-6-8-22/h4-17,19H,18H2,1-3H3,(H,28,31)(H,29,30). The van der Waals surface area contributed by atoms with Crippen LogP contribution in [0.5, 0.6) is 11.5 Å². The van der Waals surface area contributed by atoms with Crippen LogP contribution in [0.4, 0.5) is 5.69 Å². The Labute approximate surface area is 194 Å². The number of ether oxygens (including phenoxy) is 2. The van der Waals surface area contributed by atoms with Crippen LogP contribution in [0.3, 0.4) is 0 Å². The summed E-state index contributed by atoms with van der Waals surface area (Å²) in [4.78, 5) is 25.9. The van der Waals surface area contributed by atoms with Crippen molar-refractivity contribution in [2.24, 2.45) is 5.92 Å². The summed E-state index contributed by atoms with van der Waals surface area (Å²) >= 11 is 0. The Morgan fingerprint density at radius 3 is 2.12 bits per heavy atom. The van der Waals surface area contributed by atoms with Crippen LogP contribution < -0.4 is 20.1 Å². The van der Waals surface area contributed by atoms with E-state index in [9.17, 15) is 9.59 Å². The van der Waals surface area contributed by atoms with Gasteiger partial charge in [-0.1, -0.05) is 44.2 Å². The van der Waals surface area contributed by atoms with Crippen molar-refractivity contribution in [3.63, 3.8) is 0 Å². The number of benzene rings is 3. The highest BCUT2D eigenvalue weighted by molar-refractivity contribution is 6.10. The van der Waals surface area contributed by atoms with Gasteiger partial charge in [-0.2, -0.15) is 0 Å². The SMILES string of the molecule is COc1ccc(C=C(NC(=O)c2ccc(OCC(C)C)cc2)C(=O)Nc2ccccc2)cc1. The van der Waals surface area contributed by atoms with Crippen molar-refractivity contribution in [1.82, 2.24) is 5.32 Å². The van der Waals surface area contributed by atoms with Gasteiger partial charge >= 0.3 is 0 Å². The zero-order valence-electron chi connectivity index (χ0n) is 19.0. The highest BCUT2D eigenvalue weighted by atomic mass is 16.5. The summed E-state index contributed by atoms with van der Waals surface area (Å²) < 4.78 is 10.9. The Kier molecular flexibility index (Phi) is 8.24. The van der Waals surface area contributed by atoms with Crippen LogP contribution in [0.25, 0.3) is 6.08 Å². The number of anilines is 1. The summed E-state index contributed by atoms with van der Waals surface area (Å²) in [5, 5.41) is 5.55. The van der Waals surface area contributed by atoms with Gasteiger partial charge in [0.1, 0.15) is 17.2 Å². The number of amides is 2. The highest BCUT2D eigenvalue weighted by Gasteiger charge is 2.15. The summed E-state index contributed by atoms with van der Waals surface area (Å²) in [6, 6.07) is 23.1. The minimum atomic E-state index is -0.428. The molecule has 170 valence electrons. The number of carbonyl (C=O) groups excluding carboxylic acids is 2. The molecule has 0 saturated heterocycles. The fourth-order valence-electron chi connectivity index (χ4n) is 2.91. The third-order valence-corrected chi connectivity index (χ3v) is 4.65. The second kappa shape index (κ2) is 11.5. The van der Waals surface area contributed by atoms with E-state index in [4.69, 9.17) is 9.47 Å². The van der Waals surface area contributed by atoms with Crippen molar-refractivity contribution in [3.8, 4) is 11.5 Å². The van der Waals surface area contributed by atoms with Crippen molar-refractivity contribution in [2.75, 3.05) is 19.0 Å². The van der Waals surface area contributed by atoms with Crippen molar-refractivity contribution < 1.29 is 19.1 Å². The molecule has 0 bridgehead atoms. The van der Waals surface area contributed by atoms with E-state index >= 15 is 0 Å². The normalized spacial score (nSPS) is 11.1. The Morgan fingerprint density at radius 2 is 1.52 bits per heavy atom. The van der Waals surface area contributed by atoms with Gasteiger partial charge in [0.15, 0.2) is 0 Å². The predicted molar refractivity (Wildman–Crippen MR) is 130 cm³/mol. The fourth-order valence-corrected chi connectivity index (χ4v) is 2.91. The first-order valence-electron chi connectivity index (χ1n) is 10.7. The highest BCUT2D eigenvalue weighted by Crippen LogP contribution is 2.16. The first-order chi connectivity index (χ1) is 15.9. The lowest BCUT2D eigenvalue weighted by Gasteiger charge is -2.12. The number of hydrogen-bond acceptors (Lipinski definition) is 4. The van der Waals surface area contributed by atoms with Crippen LogP contribution in [-0.2, 0) is 4.79 Å². The molecular weight excluding hydrogens is 416 g/mol. The minimum absolute atomic E-state index is 0.120. The number of methoxy groups -OCH3 is 1. The third-order valence-electron chi connectivity index (χ3n) is 4.65. The first kappa shape index (κ1) is 23.6. The molecule has 6 nitrogen and oxygen atoms in total. The topological polar surface area (TPSA) is 76.7 Å². The van der Waals surface area contributed by atoms with Crippen LogP contribution >= 0.6 is 0 Å². The Hall–Kier alpha value is -4.06. The van der Waals surface area contributed by atoms with Crippen LogP contribution in [0.15, 0.2) is 84.6 Å². The summed E-state index contributed by atoms with van der Waals surface area (Å²) in [5.74, 6) is 0.972. The lowest BCUT2D eigenvalue weighted by Crippen LogP contribution is -2.30. The number of hydrogen-bond donors (Lipinski definition) is 2. The van der Waals surface area contributed by atoms with Gasteiger partial charge in [0.05, 0.1) is 13.7 Å². The van der Waals surface area contributed by atoms with E-state index in [1.54, 1.807) is 61.7 Å². The van der Waals surface area contributed by atoms with Crippen molar-refractivity contribution in [1.29, 1.82) is 0 Å². The van der Waals surface area contributed by atoms with E-state index < -0.39 is 11.8 Å². The lowest BCUT2D eigenvalue weighted by atomic mass is 10.1. The molecule has 0 atom stereocenters. The van der Waals surface area contributed by atoms with Crippen LogP contribution in [-0.4, -0.2) is 25.5 Å². The Morgan fingerprint density at radius 1 is 0.879 bits per heavy atom. The molecule has 0 fully saturated rings. The van der Waals surface area contributed by atoms with Crippen molar-refractivity contribution >= 4 is 23.6 Å². The van der Waals surface area contributed by atoms with Gasteiger partial charge in [-0.15, -0.1) is 0 Å². The van der Waals surface area contributed by atoms with Gasteiger partial charge in [-0.05, 0) is 66.1 Å². The summed E-state index contributed by atoms with van der Waals surface area (Å²) in [6.07, 6.45) is 1.62. The smallest absolute Gasteiger partial charge is 0.272 e. The monoisotopic (exact) mass is 444 g/mol. The molecule has 0 aliphatic heterocycles. The van der Waals surface area contributed by atoms with Gasteiger partial charge in [0.25, 0.3) is 11.8 Å². The number of rotatable bonds is 9. The number of nitrogens with one attached hydrogen (secondary N) is 2. The van der Waals surface area contributed by atoms with E-state index in [0.717, 1.165) is 5.56 Å². The first-order valence-corrected chi connectivity index (χ1v) is 10.7. The average molecular weight is 445 g/mol. The molecule has 0 aliphatic rings. The van der Waals surface area contributed by atoms with Crippen molar-refractivity contribution in [3.05, 3.63) is 95.7 Å². The van der Waals surface area contributed by atoms with Crippen LogP contribution in [0.1, 0.15) is 29.8 Å². The van der Waals surface area contributed by atoms with E-state index in [1.165, 1.54) is 0 Å². The fraction of sp³-hybridized carbons (Fsp3) is 0.185. The maximum Gasteiger partial charge on any atom is 0.272 e. The summed E-state index contributed by atoms with van der Waals surface area (Å²) in [6.45, 7) is 4.73. The molecule has 0 spiro atoms. The lowest BCUT2D eigenvalue weighted by molar-refractivity contribution is -0.113. The van der Waals surface area contributed by atoms with E-state index in [2.05, 4.69) is 24.5 Å². The molecule has 0 unspecified atom stereocenters. The van der Waals surface area contributed by atoms with Gasteiger partial charge in [0, 0.05) is 11.3 Å². The molecule has 2 N–H and O–H groups in total. The second-order valence-corrected chi connectivity index (χ2v) is 7.83. The van der Waals surface area contributed by atoms with Gasteiger partial charge in [-0.25, -0.2) is 0 Å². The Balaban J connectivity index is 1.79. The van der Waals surface area contributed by atoms with Gasteiger partial charge < -0.3 is 20.1 Å². The molecule has 0 radical (unpaired) electrons. The average Bonchev–Trinajstić information content (AvgIpc) is 2.83. The molecule has 0 aliphatic carbocycles. The molecule has 3 aromatic carbocycles. The molecule has 3 rings (SSSR count). The predicted octanol–water partition coefficient (Wildman–Crippen LogP) is 5.14. The molecule has 33 heavy (non-hydrogen) atoms. The molecule has 3 aromatic rings. The van der Waals surface area contributed by atoms with E-state index in [1.807, 2.05) is 30.3 Å². The summed E-state index contributed by atoms with van der Waals surface area (Å²) in [5.41, 5.74) is 1.91. The Bertz CT molecular complexity index is 1090. The van der Waals surface area contributed by atoms with Crippen molar-refractivity contribution in [2.45, 2.75) is 13.8 Å². The van der Waals surface area contributed by atoms with Crippen LogP contribution in [0.2, 0.25) is 0 Å². The quantitative estimate of drug-likeness (QED) is 0.448. The van der Waals surface area contributed by atoms with E-state index in [-0.39, 0.29) is 5.70 Å². The molecule has 6 heteroatoms. The maximum atomic E-state index is 13.0. The zero-order chi connectivity index (χ0) is 23.6. The molecule has 2 amide bonds. The van der Waals surface area contributed by atoms with Crippen LogP contribution in [0, 0.1) is 5.92 Å². The van der Waals surface area contributed by atoms with Gasteiger partial charge in [0.2, 0.25) is 0 Å². The van der Waals surface area contributed by atoms with Gasteiger partial charge in [-0.3, -0.25) is 9.59 Å².